The van der Waals surface area contributed by atoms with Gasteiger partial charge in [0.25, 0.3) is 0 Å². The fourth-order valence-corrected chi connectivity index (χ4v) is 12.8. The lowest BCUT2D eigenvalue weighted by molar-refractivity contribution is 0.00578. The summed E-state index contributed by atoms with van der Waals surface area (Å²) in [5, 5.41) is 0. The van der Waals surface area contributed by atoms with Crippen molar-refractivity contribution in [2.45, 2.75) is 51.7 Å². The van der Waals surface area contributed by atoms with Gasteiger partial charge in [-0.3, -0.25) is 17.9 Å². The molecule has 4 aromatic heterocycles. The maximum absolute atomic E-state index is 6.18. The Hall–Kier alpha value is -8.80. The molecule has 8 nitrogen and oxygen atoms in total. The third kappa shape index (κ3) is 7.72. The van der Waals surface area contributed by atoms with E-state index in [1.165, 1.54) is 61.2 Å². The van der Waals surface area contributed by atoms with Crippen LogP contribution in [0.1, 0.15) is 49.9 Å². The molecular formula is C70H54BBrN6O2. The van der Waals surface area contributed by atoms with E-state index in [0.29, 0.717) is 0 Å². The Labute approximate surface area is 472 Å². The molecule has 5 heterocycles. The summed E-state index contributed by atoms with van der Waals surface area (Å²) in [6, 6.07) is 81.4. The molecule has 10 heteroatoms. The van der Waals surface area contributed by atoms with E-state index in [9.17, 15) is 0 Å². The van der Waals surface area contributed by atoms with Crippen LogP contribution >= 0.6 is 15.9 Å². The van der Waals surface area contributed by atoms with Gasteiger partial charge in [-0.1, -0.05) is 158 Å². The minimum absolute atomic E-state index is 0.289. The molecule has 0 spiro atoms. The quantitative estimate of drug-likeness (QED) is 0.165. The molecule has 0 N–H and O–H groups in total. The van der Waals surface area contributed by atoms with Crippen molar-refractivity contribution in [3.63, 3.8) is 0 Å². The highest BCUT2D eigenvalue weighted by Gasteiger charge is 2.52. The van der Waals surface area contributed by atoms with Gasteiger partial charge in [0.1, 0.15) is 0 Å². The number of benzene rings is 10. The number of hydrogen-bond donors (Lipinski definition) is 0. The molecule has 386 valence electrons. The summed E-state index contributed by atoms with van der Waals surface area (Å²) in [4.78, 5) is 9.95. The maximum atomic E-state index is 6.18. The molecule has 0 amide bonds. The normalized spacial score (nSPS) is 14.5. The SMILES string of the molecule is Brc1cccc2c1n(-c1ccccc1)c1nc3ccccc3n21.CC1(C)OB(c2ccc3c(c2)-c2ccccc2C3)OC1(C)C.c1ccc(-n2c3c(-c4ccc5c(c4)-c4ccccc4C5)cccc3n3c4ccccc4nc23)cc1. The van der Waals surface area contributed by atoms with Crippen LogP contribution in [0.4, 0.5) is 0 Å². The predicted octanol–water partition coefficient (Wildman–Crippen LogP) is 16.4. The summed E-state index contributed by atoms with van der Waals surface area (Å²) in [6.07, 6.45) is 2.03. The Balaban J connectivity index is 0.000000108. The summed E-state index contributed by atoms with van der Waals surface area (Å²) >= 11 is 3.71. The molecule has 1 saturated heterocycles. The summed E-state index contributed by atoms with van der Waals surface area (Å²) in [5.74, 6) is 1.87. The van der Waals surface area contributed by atoms with Crippen LogP contribution in [0.2, 0.25) is 0 Å². The van der Waals surface area contributed by atoms with Gasteiger partial charge in [0.05, 0.1) is 55.3 Å². The monoisotopic (exact) mass is 1100 g/mol. The van der Waals surface area contributed by atoms with Gasteiger partial charge in [0.2, 0.25) is 11.6 Å². The maximum Gasteiger partial charge on any atom is 0.494 e. The average molecular weight is 1100 g/mol. The third-order valence-electron chi connectivity index (χ3n) is 16.9. The van der Waals surface area contributed by atoms with E-state index in [4.69, 9.17) is 19.3 Å². The second-order valence-corrected chi connectivity index (χ2v) is 23.0. The number of nitrogens with zero attached hydrogens (tertiary/aromatic N) is 6. The lowest BCUT2D eigenvalue weighted by Crippen LogP contribution is -2.41. The molecule has 1 aliphatic heterocycles. The first-order valence-electron chi connectivity index (χ1n) is 27.4. The zero-order chi connectivity index (χ0) is 53.9. The van der Waals surface area contributed by atoms with Crippen molar-refractivity contribution in [2.75, 3.05) is 0 Å². The Morgan fingerprint density at radius 2 is 0.838 bits per heavy atom. The molecule has 0 atom stereocenters. The van der Waals surface area contributed by atoms with E-state index in [1.807, 2.05) is 12.1 Å². The zero-order valence-electron chi connectivity index (χ0n) is 44.8. The van der Waals surface area contributed by atoms with Gasteiger partial charge in [0.15, 0.2) is 0 Å². The lowest BCUT2D eigenvalue weighted by atomic mass is 9.77. The van der Waals surface area contributed by atoms with Gasteiger partial charge in [-0.15, -0.1) is 0 Å². The first-order chi connectivity index (χ1) is 39.1. The fourth-order valence-electron chi connectivity index (χ4n) is 12.3. The Bertz CT molecular complexity index is 4750. The second kappa shape index (κ2) is 18.7. The van der Waals surface area contributed by atoms with Crippen LogP contribution in [-0.2, 0) is 22.2 Å². The van der Waals surface area contributed by atoms with Crippen molar-refractivity contribution in [2.24, 2.45) is 0 Å². The second-order valence-electron chi connectivity index (χ2n) is 22.1. The molecule has 17 rings (SSSR count). The number of fused-ring (bicyclic) bond motifs is 16. The molecule has 0 bridgehead atoms. The molecule has 0 radical (unpaired) electrons. The van der Waals surface area contributed by atoms with Crippen molar-refractivity contribution in [3.8, 4) is 44.8 Å². The molecule has 3 aliphatic rings. The van der Waals surface area contributed by atoms with E-state index in [0.717, 1.165) is 84.3 Å². The molecule has 10 aromatic carbocycles. The minimum atomic E-state index is -0.297. The molecule has 0 saturated carbocycles. The number of halogens is 1. The van der Waals surface area contributed by atoms with Crippen LogP contribution in [0.5, 0.6) is 0 Å². The lowest BCUT2D eigenvalue weighted by Gasteiger charge is -2.32. The smallest absolute Gasteiger partial charge is 0.399 e. The number of para-hydroxylation sites is 8. The molecular weight excluding hydrogens is 1050 g/mol. The summed E-state index contributed by atoms with van der Waals surface area (Å²) in [7, 11) is -0.289. The Morgan fingerprint density at radius 3 is 1.43 bits per heavy atom. The van der Waals surface area contributed by atoms with Gasteiger partial charge in [-0.05, 0) is 185 Å². The van der Waals surface area contributed by atoms with Gasteiger partial charge >= 0.3 is 7.12 Å². The van der Waals surface area contributed by atoms with Gasteiger partial charge in [-0.2, -0.15) is 0 Å². The van der Waals surface area contributed by atoms with E-state index >= 15 is 0 Å². The number of imidazole rings is 4. The van der Waals surface area contributed by atoms with E-state index in [1.54, 1.807) is 0 Å². The Morgan fingerprint density at radius 1 is 0.400 bits per heavy atom. The van der Waals surface area contributed by atoms with Crippen LogP contribution in [0, 0.1) is 0 Å². The van der Waals surface area contributed by atoms with E-state index < -0.39 is 0 Å². The van der Waals surface area contributed by atoms with Crippen molar-refractivity contribution >= 4 is 84.2 Å². The Kier molecular flexibility index (Phi) is 11.3. The molecule has 0 unspecified atom stereocenters. The molecule has 2 aliphatic carbocycles. The first-order valence-corrected chi connectivity index (χ1v) is 28.2. The fraction of sp³-hybridized carbons (Fsp3) is 0.114. The average Bonchev–Trinajstić information content (AvgIpc) is 4.44. The van der Waals surface area contributed by atoms with Gasteiger partial charge < -0.3 is 9.31 Å². The topological polar surface area (TPSA) is 62.9 Å². The first kappa shape index (κ1) is 48.3. The van der Waals surface area contributed by atoms with Crippen molar-refractivity contribution in [3.05, 3.63) is 257 Å². The van der Waals surface area contributed by atoms with Crippen molar-refractivity contribution in [1.29, 1.82) is 0 Å². The highest BCUT2D eigenvalue weighted by Crippen LogP contribution is 2.43. The van der Waals surface area contributed by atoms with Crippen LogP contribution in [-0.4, -0.2) is 46.2 Å². The highest BCUT2D eigenvalue weighted by molar-refractivity contribution is 9.10. The summed E-state index contributed by atoms with van der Waals surface area (Å²) in [6.45, 7) is 8.37. The number of hydrogen-bond acceptors (Lipinski definition) is 4. The number of aromatic nitrogens is 6. The molecule has 80 heavy (non-hydrogen) atoms. The van der Waals surface area contributed by atoms with Crippen LogP contribution < -0.4 is 5.46 Å². The van der Waals surface area contributed by atoms with Crippen LogP contribution in [0.15, 0.2) is 235 Å². The van der Waals surface area contributed by atoms with Gasteiger partial charge in [-0.25, -0.2) is 9.97 Å². The van der Waals surface area contributed by atoms with Gasteiger partial charge in [0, 0.05) is 21.4 Å². The number of rotatable bonds is 4. The summed E-state index contributed by atoms with van der Waals surface area (Å²) < 4.78 is 22.5. The van der Waals surface area contributed by atoms with E-state index in [2.05, 4.69) is 280 Å². The third-order valence-corrected chi connectivity index (χ3v) is 17.5. The van der Waals surface area contributed by atoms with Crippen molar-refractivity contribution in [1.82, 2.24) is 27.9 Å². The van der Waals surface area contributed by atoms with E-state index in [-0.39, 0.29) is 18.3 Å². The largest absolute Gasteiger partial charge is 0.494 e. The molecule has 1 fully saturated rings. The highest BCUT2D eigenvalue weighted by atomic mass is 79.9. The zero-order valence-corrected chi connectivity index (χ0v) is 46.4. The standard InChI is InChI=1S/C32H21N3.C19H21BO2.C19H12BrN3/c1-2-10-24(11-3-1)34-31-26(23-18-17-22-19-21-9-4-5-12-25(21)27(22)20-23)13-8-16-30(31)35-29-15-7-6-14-28(29)33-32(34)35;1-18(2)19(3,4)22-20(21-18)15-10-9-14-11-13-7-5-6-8-16(13)17(14)12-15;20-14-9-6-12-17-18(14)22(13-7-2-1-3-8-13)19-21-15-10-4-5-11-16(15)23(17)19/h1-18,20H,19H2;5-10,12H,11H2,1-4H3;1-12H. The summed E-state index contributed by atoms with van der Waals surface area (Å²) in [5.41, 5.74) is 25.0. The predicted molar refractivity (Wildman–Crippen MR) is 331 cm³/mol. The van der Waals surface area contributed by atoms with Crippen LogP contribution in [0.3, 0.4) is 0 Å². The molecule has 14 aromatic rings. The minimum Gasteiger partial charge on any atom is -0.399 e. The van der Waals surface area contributed by atoms with Crippen molar-refractivity contribution < 1.29 is 9.31 Å². The van der Waals surface area contributed by atoms with Crippen LogP contribution in [0.25, 0.3) is 100 Å².